The molecule has 1 aromatic rings. The fourth-order valence-electron chi connectivity index (χ4n) is 2.66. The monoisotopic (exact) mass is 304 g/mol. The molecule has 22 heavy (non-hydrogen) atoms. The Balaban J connectivity index is 1.82. The third-order valence-electron chi connectivity index (χ3n) is 3.86. The van der Waals surface area contributed by atoms with Gasteiger partial charge in [0.05, 0.1) is 6.61 Å². The Morgan fingerprint density at radius 1 is 1.27 bits per heavy atom. The SMILES string of the molecule is CCOc1ccc(C(=O)CCC(=O)N2CCCC(N)C2)cc1. The van der Waals surface area contributed by atoms with Crippen molar-refractivity contribution < 1.29 is 14.3 Å². The zero-order valence-corrected chi connectivity index (χ0v) is 13.1. The minimum absolute atomic E-state index is 0.0160. The highest BCUT2D eigenvalue weighted by Crippen LogP contribution is 2.15. The molecule has 2 N–H and O–H groups in total. The zero-order chi connectivity index (χ0) is 15.9. The summed E-state index contributed by atoms with van der Waals surface area (Å²) in [5, 5.41) is 0. The Morgan fingerprint density at radius 2 is 2.00 bits per heavy atom. The van der Waals surface area contributed by atoms with Crippen LogP contribution in [0.5, 0.6) is 5.75 Å². The number of hydrogen-bond donors (Lipinski definition) is 1. The summed E-state index contributed by atoms with van der Waals surface area (Å²) in [4.78, 5) is 26.0. The summed E-state index contributed by atoms with van der Waals surface area (Å²) in [5.74, 6) is 0.754. The van der Waals surface area contributed by atoms with Crippen molar-refractivity contribution in [2.45, 2.75) is 38.6 Å². The standard InChI is InChI=1S/C17H24N2O3/c1-2-22-15-7-5-13(6-8-15)16(20)9-10-17(21)19-11-3-4-14(18)12-19/h5-8,14H,2-4,9-12,18H2,1H3. The van der Waals surface area contributed by atoms with Gasteiger partial charge >= 0.3 is 0 Å². The predicted octanol–water partition coefficient (Wildman–Crippen LogP) is 2.00. The summed E-state index contributed by atoms with van der Waals surface area (Å²) >= 11 is 0. The van der Waals surface area contributed by atoms with Gasteiger partial charge in [-0.2, -0.15) is 0 Å². The number of Topliss-reactive ketones (excluding diaryl/α,β-unsaturated/α-hetero) is 1. The Morgan fingerprint density at radius 3 is 2.64 bits per heavy atom. The number of carbonyl (C=O) groups is 2. The molecule has 1 saturated heterocycles. The molecule has 1 aromatic carbocycles. The number of likely N-dealkylation sites (tertiary alicyclic amines) is 1. The smallest absolute Gasteiger partial charge is 0.223 e. The van der Waals surface area contributed by atoms with Gasteiger partial charge < -0.3 is 15.4 Å². The minimum Gasteiger partial charge on any atom is -0.494 e. The number of rotatable bonds is 6. The summed E-state index contributed by atoms with van der Waals surface area (Å²) in [7, 11) is 0. The van der Waals surface area contributed by atoms with Crippen molar-refractivity contribution in [1.82, 2.24) is 4.90 Å². The van der Waals surface area contributed by atoms with Crippen LogP contribution in [-0.2, 0) is 4.79 Å². The molecule has 1 amide bonds. The third-order valence-corrected chi connectivity index (χ3v) is 3.86. The molecular weight excluding hydrogens is 280 g/mol. The highest BCUT2D eigenvalue weighted by molar-refractivity contribution is 5.98. The third kappa shape index (κ3) is 4.56. The molecule has 0 bridgehead atoms. The van der Waals surface area contributed by atoms with Gasteiger partial charge in [-0.05, 0) is 44.0 Å². The lowest BCUT2D eigenvalue weighted by Gasteiger charge is -2.30. The van der Waals surface area contributed by atoms with Crippen LogP contribution in [0, 0.1) is 0 Å². The number of amides is 1. The Bertz CT molecular complexity index is 513. The average Bonchev–Trinajstić information content (AvgIpc) is 2.53. The van der Waals surface area contributed by atoms with Gasteiger partial charge in [-0.1, -0.05) is 0 Å². The van der Waals surface area contributed by atoms with Crippen LogP contribution in [-0.4, -0.2) is 42.3 Å². The van der Waals surface area contributed by atoms with Gasteiger partial charge in [0.25, 0.3) is 0 Å². The molecule has 1 fully saturated rings. The molecular formula is C17H24N2O3. The Kier molecular flexibility index (Phi) is 5.95. The van der Waals surface area contributed by atoms with Crippen molar-refractivity contribution in [2.24, 2.45) is 5.73 Å². The lowest BCUT2D eigenvalue weighted by atomic mass is 10.0. The van der Waals surface area contributed by atoms with E-state index in [4.69, 9.17) is 10.5 Å². The molecule has 1 heterocycles. The van der Waals surface area contributed by atoms with E-state index in [1.165, 1.54) is 0 Å². The summed E-state index contributed by atoms with van der Waals surface area (Å²) in [6.45, 7) is 3.87. The van der Waals surface area contributed by atoms with Crippen molar-refractivity contribution in [3.05, 3.63) is 29.8 Å². The van der Waals surface area contributed by atoms with Gasteiger partial charge in [0, 0.05) is 37.5 Å². The van der Waals surface area contributed by atoms with Crippen molar-refractivity contribution in [3.8, 4) is 5.75 Å². The first-order chi connectivity index (χ1) is 10.6. The van der Waals surface area contributed by atoms with Crippen LogP contribution in [0.2, 0.25) is 0 Å². The van der Waals surface area contributed by atoms with Gasteiger partial charge in [0.2, 0.25) is 5.91 Å². The van der Waals surface area contributed by atoms with E-state index >= 15 is 0 Å². The van der Waals surface area contributed by atoms with Gasteiger partial charge in [-0.15, -0.1) is 0 Å². The highest BCUT2D eigenvalue weighted by atomic mass is 16.5. The topological polar surface area (TPSA) is 72.6 Å². The van der Waals surface area contributed by atoms with Crippen molar-refractivity contribution in [3.63, 3.8) is 0 Å². The van der Waals surface area contributed by atoms with E-state index in [0.717, 1.165) is 25.1 Å². The van der Waals surface area contributed by atoms with E-state index in [1.54, 1.807) is 29.2 Å². The molecule has 1 unspecified atom stereocenters. The van der Waals surface area contributed by atoms with Crippen molar-refractivity contribution in [1.29, 1.82) is 0 Å². The lowest BCUT2D eigenvalue weighted by molar-refractivity contribution is -0.132. The second-order valence-corrected chi connectivity index (χ2v) is 5.62. The van der Waals surface area contributed by atoms with Gasteiger partial charge in [0.15, 0.2) is 5.78 Å². The number of nitrogens with zero attached hydrogens (tertiary/aromatic N) is 1. The van der Waals surface area contributed by atoms with Crippen molar-refractivity contribution in [2.75, 3.05) is 19.7 Å². The number of nitrogens with two attached hydrogens (primary N) is 1. The molecule has 0 radical (unpaired) electrons. The van der Waals surface area contributed by atoms with Crippen LogP contribution >= 0.6 is 0 Å². The molecule has 1 aliphatic heterocycles. The van der Waals surface area contributed by atoms with Crippen LogP contribution in [0.3, 0.4) is 0 Å². The van der Waals surface area contributed by atoms with E-state index in [1.807, 2.05) is 6.92 Å². The predicted molar refractivity (Wildman–Crippen MR) is 85.0 cm³/mol. The second-order valence-electron chi connectivity index (χ2n) is 5.62. The Labute approximate surface area is 131 Å². The molecule has 0 saturated carbocycles. The summed E-state index contributed by atoms with van der Waals surface area (Å²) < 4.78 is 5.34. The van der Waals surface area contributed by atoms with Crippen LogP contribution < -0.4 is 10.5 Å². The van der Waals surface area contributed by atoms with Gasteiger partial charge in [0.1, 0.15) is 5.75 Å². The quantitative estimate of drug-likeness (QED) is 0.816. The molecule has 1 aliphatic rings. The molecule has 5 nitrogen and oxygen atoms in total. The van der Waals surface area contributed by atoms with E-state index in [-0.39, 0.29) is 30.6 Å². The fraction of sp³-hybridized carbons (Fsp3) is 0.529. The maximum atomic E-state index is 12.1. The second kappa shape index (κ2) is 7.94. The maximum Gasteiger partial charge on any atom is 0.223 e. The first kappa shape index (κ1) is 16.5. The van der Waals surface area contributed by atoms with Crippen LogP contribution in [0.15, 0.2) is 24.3 Å². The fourth-order valence-corrected chi connectivity index (χ4v) is 2.66. The molecule has 1 atom stereocenters. The molecule has 0 aliphatic carbocycles. The summed E-state index contributed by atoms with van der Waals surface area (Å²) in [5.41, 5.74) is 6.49. The van der Waals surface area contributed by atoms with E-state index in [0.29, 0.717) is 18.7 Å². The van der Waals surface area contributed by atoms with E-state index in [2.05, 4.69) is 0 Å². The summed E-state index contributed by atoms with van der Waals surface area (Å²) in [6.07, 6.45) is 2.39. The van der Waals surface area contributed by atoms with Crippen LogP contribution in [0.1, 0.15) is 43.0 Å². The molecule has 120 valence electrons. The van der Waals surface area contributed by atoms with Crippen molar-refractivity contribution >= 4 is 11.7 Å². The van der Waals surface area contributed by atoms with Gasteiger partial charge in [-0.25, -0.2) is 0 Å². The van der Waals surface area contributed by atoms with E-state index in [9.17, 15) is 9.59 Å². The number of ether oxygens (including phenoxy) is 1. The average molecular weight is 304 g/mol. The highest BCUT2D eigenvalue weighted by Gasteiger charge is 2.21. The Hall–Kier alpha value is -1.88. The molecule has 0 aromatic heterocycles. The van der Waals surface area contributed by atoms with E-state index < -0.39 is 0 Å². The first-order valence-corrected chi connectivity index (χ1v) is 7.89. The number of piperidine rings is 1. The zero-order valence-electron chi connectivity index (χ0n) is 13.1. The molecule has 5 heteroatoms. The van der Waals surface area contributed by atoms with Gasteiger partial charge in [-0.3, -0.25) is 9.59 Å². The normalized spacial score (nSPS) is 18.1. The van der Waals surface area contributed by atoms with Crippen LogP contribution in [0.4, 0.5) is 0 Å². The van der Waals surface area contributed by atoms with Crippen LogP contribution in [0.25, 0.3) is 0 Å². The largest absolute Gasteiger partial charge is 0.494 e. The molecule has 2 rings (SSSR count). The number of hydrogen-bond acceptors (Lipinski definition) is 4. The lowest BCUT2D eigenvalue weighted by Crippen LogP contribution is -2.45. The first-order valence-electron chi connectivity index (χ1n) is 7.89. The summed E-state index contributed by atoms with van der Waals surface area (Å²) in [6, 6.07) is 7.12. The number of benzene rings is 1. The molecule has 0 spiro atoms. The maximum absolute atomic E-state index is 12.1. The number of ketones is 1. The number of carbonyl (C=O) groups excluding carboxylic acids is 2. The minimum atomic E-state index is -0.0160.